The highest BCUT2D eigenvalue weighted by molar-refractivity contribution is 7.91. The Hall–Kier alpha value is -2.92. The lowest BCUT2D eigenvalue weighted by atomic mass is 10.0. The van der Waals surface area contributed by atoms with Crippen LogP contribution >= 0.6 is 0 Å². The molecule has 0 bridgehead atoms. The molecule has 176 valence electrons. The first-order chi connectivity index (χ1) is 15.6. The predicted molar refractivity (Wildman–Crippen MR) is 125 cm³/mol. The Morgan fingerprint density at radius 3 is 2.73 bits per heavy atom. The van der Waals surface area contributed by atoms with Crippen LogP contribution in [0.15, 0.2) is 24.3 Å². The van der Waals surface area contributed by atoms with E-state index in [2.05, 4.69) is 32.1 Å². The first-order valence-electron chi connectivity index (χ1n) is 10.9. The lowest BCUT2D eigenvalue weighted by Gasteiger charge is -2.45. The smallest absolute Gasteiger partial charge is 0.201 e. The molecule has 5 rings (SSSR count). The molecule has 2 aromatic heterocycles. The molecule has 2 aliphatic heterocycles. The molecule has 2 atom stereocenters. The largest absolute Gasteiger partial charge is 0.486 e. The molecule has 0 saturated carbocycles. The third-order valence-corrected chi connectivity index (χ3v) is 8.44. The quantitative estimate of drug-likeness (QED) is 0.575. The molecular weight excluding hydrogens is 444 g/mol. The zero-order chi connectivity index (χ0) is 23.4. The third kappa shape index (κ3) is 3.78. The van der Waals surface area contributed by atoms with Crippen LogP contribution in [0.1, 0.15) is 32.3 Å². The fraction of sp³-hybridized carbons (Fsp3) is 0.500. The second kappa shape index (κ2) is 7.84. The molecule has 11 heteroatoms. The van der Waals surface area contributed by atoms with Crippen molar-refractivity contribution in [2.45, 2.75) is 44.1 Å². The number of rotatable bonds is 5. The van der Waals surface area contributed by atoms with Gasteiger partial charge in [0.25, 0.3) is 0 Å². The van der Waals surface area contributed by atoms with Gasteiger partial charge in [-0.1, -0.05) is 12.1 Å². The van der Waals surface area contributed by atoms with Gasteiger partial charge in [-0.2, -0.15) is 0 Å². The van der Waals surface area contributed by atoms with Gasteiger partial charge in [-0.05, 0) is 32.9 Å². The molecule has 0 unspecified atom stereocenters. The number of aromatic nitrogens is 4. The number of morpholine rings is 1. The summed E-state index contributed by atoms with van der Waals surface area (Å²) in [5, 5.41) is 3.23. The zero-order valence-corrected chi connectivity index (χ0v) is 19.9. The molecule has 4 heterocycles. The maximum Gasteiger partial charge on any atom is 0.201 e. The van der Waals surface area contributed by atoms with Crippen LogP contribution in [0.5, 0.6) is 5.75 Å². The van der Waals surface area contributed by atoms with E-state index >= 15 is 0 Å². The number of hydrogen-bond donors (Lipinski definition) is 2. The average Bonchev–Trinajstić information content (AvgIpc) is 3.19. The number of sulfone groups is 1. The van der Waals surface area contributed by atoms with E-state index in [1.807, 2.05) is 24.3 Å². The van der Waals surface area contributed by atoms with E-state index in [0.717, 1.165) is 11.0 Å². The van der Waals surface area contributed by atoms with Gasteiger partial charge in [-0.3, -0.25) is 0 Å². The van der Waals surface area contributed by atoms with E-state index in [1.165, 1.54) is 6.26 Å². The molecule has 1 fully saturated rings. The molecule has 1 aromatic carbocycles. The molecule has 0 spiro atoms. The Morgan fingerprint density at radius 1 is 1.18 bits per heavy atom. The highest BCUT2D eigenvalue weighted by Crippen LogP contribution is 2.43. The first kappa shape index (κ1) is 21.9. The van der Waals surface area contributed by atoms with E-state index < -0.39 is 14.6 Å². The van der Waals surface area contributed by atoms with Gasteiger partial charge in [-0.15, -0.1) is 0 Å². The maximum atomic E-state index is 12.7. The number of aromatic amines is 1. The summed E-state index contributed by atoms with van der Waals surface area (Å²) in [6, 6.07) is 7.84. The number of H-pyrrole nitrogens is 1. The van der Waals surface area contributed by atoms with Crippen LogP contribution in [-0.4, -0.2) is 66.5 Å². The van der Waals surface area contributed by atoms with Crippen molar-refractivity contribution in [3.8, 4) is 5.75 Å². The summed E-state index contributed by atoms with van der Waals surface area (Å²) in [5.74, 6) is 2.10. The number of anilines is 2. The lowest BCUT2D eigenvalue weighted by Crippen LogP contribution is -2.56. The summed E-state index contributed by atoms with van der Waals surface area (Å²) in [4.78, 5) is 19.4. The first-order valence-corrected chi connectivity index (χ1v) is 12.8. The molecule has 0 aliphatic carbocycles. The Kier molecular flexibility index (Phi) is 5.20. The lowest BCUT2D eigenvalue weighted by molar-refractivity contribution is 0.0481. The number of hydrogen-bond acceptors (Lipinski definition) is 9. The van der Waals surface area contributed by atoms with Crippen molar-refractivity contribution < 1.29 is 17.9 Å². The Balaban J connectivity index is 1.56. The van der Waals surface area contributed by atoms with Gasteiger partial charge in [0.05, 0.1) is 42.9 Å². The molecule has 1 saturated heterocycles. The fourth-order valence-corrected chi connectivity index (χ4v) is 4.73. The van der Waals surface area contributed by atoms with E-state index in [-0.39, 0.29) is 18.6 Å². The molecule has 2 aliphatic rings. The normalized spacial score (nSPS) is 20.8. The number of ether oxygens (including phenoxy) is 2. The summed E-state index contributed by atoms with van der Waals surface area (Å²) in [7, 11) is -3.49. The monoisotopic (exact) mass is 472 g/mol. The molecule has 10 nitrogen and oxygen atoms in total. The second-order valence-corrected chi connectivity index (χ2v) is 11.7. The van der Waals surface area contributed by atoms with E-state index in [0.29, 0.717) is 48.9 Å². The zero-order valence-electron chi connectivity index (χ0n) is 19.1. The minimum atomic E-state index is -3.49. The van der Waals surface area contributed by atoms with Crippen molar-refractivity contribution in [2.75, 3.05) is 36.3 Å². The highest BCUT2D eigenvalue weighted by Gasteiger charge is 2.43. The van der Waals surface area contributed by atoms with Crippen LogP contribution < -0.4 is 15.0 Å². The molecule has 33 heavy (non-hydrogen) atoms. The SMILES string of the molecule is C[C@@H]1COC[C@H]2COc3c(nc(CNc4nc5ccccc5[nH]4)nc3C(C)(C)S(C)(=O)=O)N21. The Morgan fingerprint density at radius 2 is 1.97 bits per heavy atom. The molecule has 0 amide bonds. The van der Waals surface area contributed by atoms with Crippen molar-refractivity contribution in [2.24, 2.45) is 0 Å². The van der Waals surface area contributed by atoms with Crippen molar-refractivity contribution in [3.63, 3.8) is 0 Å². The van der Waals surface area contributed by atoms with Gasteiger partial charge >= 0.3 is 0 Å². The van der Waals surface area contributed by atoms with E-state index in [9.17, 15) is 8.42 Å². The van der Waals surface area contributed by atoms with Crippen LogP contribution in [-0.2, 0) is 25.9 Å². The van der Waals surface area contributed by atoms with Crippen molar-refractivity contribution >= 4 is 32.6 Å². The van der Waals surface area contributed by atoms with Gasteiger partial charge in [0.2, 0.25) is 5.95 Å². The standard InChI is InChI=1S/C22H28N6O4S/c1-13-10-31-11-14-12-32-18-19(22(2,3)33(4,29)30)26-17(27-20(18)28(13)14)9-23-21-24-15-7-5-6-8-16(15)25-21/h5-8,13-14H,9-12H2,1-4H3,(H2,23,24,25)/t13-,14+/m1/s1. The summed E-state index contributed by atoms with van der Waals surface area (Å²) in [6.07, 6.45) is 1.22. The minimum Gasteiger partial charge on any atom is -0.486 e. The average molecular weight is 473 g/mol. The predicted octanol–water partition coefficient (Wildman–Crippen LogP) is 2.23. The Labute approximate surface area is 192 Å². The topological polar surface area (TPSA) is 122 Å². The summed E-state index contributed by atoms with van der Waals surface area (Å²) in [5.41, 5.74) is 2.14. The molecule has 0 radical (unpaired) electrons. The maximum absolute atomic E-state index is 12.7. The van der Waals surface area contributed by atoms with Gasteiger partial charge in [0, 0.05) is 6.26 Å². The fourth-order valence-electron chi connectivity index (χ4n) is 4.24. The summed E-state index contributed by atoms with van der Waals surface area (Å²) >= 11 is 0. The van der Waals surface area contributed by atoms with E-state index in [1.54, 1.807) is 13.8 Å². The molecule has 3 aromatic rings. The third-order valence-electron chi connectivity index (χ3n) is 6.40. The number of imidazole rings is 1. The van der Waals surface area contributed by atoms with Gasteiger partial charge < -0.3 is 24.7 Å². The van der Waals surface area contributed by atoms with Gasteiger partial charge in [0.1, 0.15) is 17.0 Å². The number of nitrogens with one attached hydrogen (secondary N) is 2. The second-order valence-electron chi connectivity index (χ2n) is 9.14. The van der Waals surface area contributed by atoms with Gasteiger partial charge in [0.15, 0.2) is 27.2 Å². The number of benzene rings is 1. The van der Waals surface area contributed by atoms with Crippen LogP contribution in [0.3, 0.4) is 0 Å². The van der Waals surface area contributed by atoms with Crippen molar-refractivity contribution in [3.05, 3.63) is 35.8 Å². The van der Waals surface area contributed by atoms with Crippen LogP contribution in [0.25, 0.3) is 11.0 Å². The minimum absolute atomic E-state index is 0.0153. The van der Waals surface area contributed by atoms with Gasteiger partial charge in [-0.25, -0.2) is 23.4 Å². The molecular formula is C22H28N6O4S. The number of para-hydroxylation sites is 2. The Bertz CT molecular complexity index is 1270. The highest BCUT2D eigenvalue weighted by atomic mass is 32.2. The van der Waals surface area contributed by atoms with Crippen molar-refractivity contribution in [1.82, 2.24) is 19.9 Å². The summed E-state index contributed by atoms with van der Waals surface area (Å²) < 4.78 is 35.9. The van der Waals surface area contributed by atoms with Crippen LogP contribution in [0.4, 0.5) is 11.8 Å². The summed E-state index contributed by atoms with van der Waals surface area (Å²) in [6.45, 7) is 7.13. The van der Waals surface area contributed by atoms with Crippen LogP contribution in [0, 0.1) is 0 Å². The van der Waals surface area contributed by atoms with Crippen LogP contribution in [0.2, 0.25) is 0 Å². The van der Waals surface area contributed by atoms with E-state index in [4.69, 9.17) is 14.5 Å². The molecule has 2 N–H and O–H groups in total. The number of fused-ring (bicyclic) bond motifs is 4. The van der Waals surface area contributed by atoms with Crippen molar-refractivity contribution in [1.29, 1.82) is 0 Å². The number of nitrogens with zero attached hydrogens (tertiary/aromatic N) is 4.